The Balaban J connectivity index is 1.60. The van der Waals surface area contributed by atoms with Gasteiger partial charge in [-0.2, -0.15) is 0 Å². The van der Waals surface area contributed by atoms with Crippen molar-refractivity contribution in [2.24, 2.45) is 0 Å². The van der Waals surface area contributed by atoms with E-state index in [0.717, 1.165) is 25.9 Å². The zero-order valence-corrected chi connectivity index (χ0v) is 13.2. The standard InChI is InChI=1S/C14H23N3O3S/c1-17-8-2-3-12(10-17)16-21(18,19)14-7-6-13(20-14)9-15-11-4-5-11/h6-7,11-12,15-16H,2-5,8-10H2,1H3. The maximum Gasteiger partial charge on any atom is 0.274 e. The van der Waals surface area contributed by atoms with Crippen molar-refractivity contribution in [3.05, 3.63) is 17.9 Å². The van der Waals surface area contributed by atoms with Gasteiger partial charge in [0.15, 0.2) is 0 Å². The quantitative estimate of drug-likeness (QED) is 0.816. The predicted molar refractivity (Wildman–Crippen MR) is 79.4 cm³/mol. The van der Waals surface area contributed by atoms with Gasteiger partial charge in [-0.15, -0.1) is 0 Å². The highest BCUT2D eigenvalue weighted by atomic mass is 32.2. The monoisotopic (exact) mass is 313 g/mol. The number of nitrogens with zero attached hydrogens (tertiary/aromatic N) is 1. The van der Waals surface area contributed by atoms with Crippen LogP contribution in [0.2, 0.25) is 0 Å². The molecular formula is C14H23N3O3S. The molecule has 1 aromatic heterocycles. The number of hydrogen-bond acceptors (Lipinski definition) is 5. The fourth-order valence-electron chi connectivity index (χ4n) is 2.67. The molecule has 0 bridgehead atoms. The summed E-state index contributed by atoms with van der Waals surface area (Å²) in [7, 11) is -1.55. The molecule has 1 aliphatic carbocycles. The molecule has 2 heterocycles. The first-order chi connectivity index (χ1) is 10.0. The minimum Gasteiger partial charge on any atom is -0.447 e. The molecular weight excluding hydrogens is 290 g/mol. The van der Waals surface area contributed by atoms with Crippen LogP contribution in [0.1, 0.15) is 31.4 Å². The third-order valence-corrected chi connectivity index (χ3v) is 5.38. The van der Waals surface area contributed by atoms with E-state index in [1.807, 2.05) is 7.05 Å². The Morgan fingerprint density at radius 2 is 2.10 bits per heavy atom. The van der Waals surface area contributed by atoms with E-state index in [-0.39, 0.29) is 11.1 Å². The van der Waals surface area contributed by atoms with Crippen molar-refractivity contribution in [2.75, 3.05) is 20.1 Å². The number of nitrogens with one attached hydrogen (secondary N) is 2. The van der Waals surface area contributed by atoms with Crippen LogP contribution < -0.4 is 10.0 Å². The lowest BCUT2D eigenvalue weighted by Crippen LogP contribution is -2.46. The summed E-state index contributed by atoms with van der Waals surface area (Å²) in [6.45, 7) is 2.36. The van der Waals surface area contributed by atoms with Gasteiger partial charge in [0.05, 0.1) is 6.54 Å². The van der Waals surface area contributed by atoms with E-state index in [9.17, 15) is 8.42 Å². The van der Waals surface area contributed by atoms with Crippen LogP contribution in [0.5, 0.6) is 0 Å². The fraction of sp³-hybridized carbons (Fsp3) is 0.714. The first kappa shape index (κ1) is 15.0. The molecule has 2 fully saturated rings. The molecule has 118 valence electrons. The van der Waals surface area contributed by atoms with Crippen LogP contribution >= 0.6 is 0 Å². The molecule has 0 aromatic carbocycles. The van der Waals surface area contributed by atoms with Gasteiger partial charge >= 0.3 is 0 Å². The Morgan fingerprint density at radius 1 is 1.29 bits per heavy atom. The number of likely N-dealkylation sites (tertiary alicyclic amines) is 1. The van der Waals surface area contributed by atoms with Crippen molar-refractivity contribution < 1.29 is 12.8 Å². The molecule has 21 heavy (non-hydrogen) atoms. The molecule has 0 spiro atoms. The smallest absolute Gasteiger partial charge is 0.274 e. The normalized spacial score (nSPS) is 24.3. The maximum atomic E-state index is 12.3. The van der Waals surface area contributed by atoms with Crippen molar-refractivity contribution in [1.29, 1.82) is 0 Å². The second-order valence-electron chi connectivity index (χ2n) is 6.10. The van der Waals surface area contributed by atoms with Gasteiger partial charge in [-0.1, -0.05) is 0 Å². The molecule has 2 aliphatic rings. The van der Waals surface area contributed by atoms with Crippen LogP contribution in [-0.4, -0.2) is 45.5 Å². The summed E-state index contributed by atoms with van der Waals surface area (Å²) in [6.07, 6.45) is 4.28. The van der Waals surface area contributed by atoms with Crippen molar-refractivity contribution in [2.45, 2.75) is 49.4 Å². The van der Waals surface area contributed by atoms with E-state index < -0.39 is 10.0 Å². The number of furan rings is 1. The van der Waals surface area contributed by atoms with Gasteiger partial charge in [0.25, 0.3) is 10.0 Å². The molecule has 3 rings (SSSR count). The molecule has 1 aromatic rings. The predicted octanol–water partition coefficient (Wildman–Crippen LogP) is 0.904. The van der Waals surface area contributed by atoms with Gasteiger partial charge in [-0.25, -0.2) is 13.1 Å². The van der Waals surface area contributed by atoms with Gasteiger partial charge < -0.3 is 14.6 Å². The summed E-state index contributed by atoms with van der Waals surface area (Å²) in [5.74, 6) is 0.669. The van der Waals surface area contributed by atoms with Gasteiger partial charge in [-0.05, 0) is 51.4 Å². The molecule has 1 aliphatic heterocycles. The topological polar surface area (TPSA) is 74.6 Å². The molecule has 0 amide bonds. The molecule has 7 heteroatoms. The molecule has 1 saturated carbocycles. The maximum absolute atomic E-state index is 12.3. The zero-order chi connectivity index (χ0) is 14.9. The summed E-state index contributed by atoms with van der Waals surface area (Å²) in [4.78, 5) is 2.14. The van der Waals surface area contributed by atoms with E-state index in [1.165, 1.54) is 12.8 Å². The van der Waals surface area contributed by atoms with Crippen LogP contribution in [0.15, 0.2) is 21.6 Å². The number of rotatable bonds is 6. The fourth-order valence-corrected chi connectivity index (χ4v) is 3.88. The Morgan fingerprint density at radius 3 is 2.81 bits per heavy atom. The molecule has 1 atom stereocenters. The highest BCUT2D eigenvalue weighted by molar-refractivity contribution is 7.89. The highest BCUT2D eigenvalue weighted by Crippen LogP contribution is 2.21. The average Bonchev–Trinajstić information content (AvgIpc) is 3.12. The van der Waals surface area contributed by atoms with Crippen LogP contribution in [0.4, 0.5) is 0 Å². The minimum absolute atomic E-state index is 0.0170. The van der Waals surface area contributed by atoms with E-state index >= 15 is 0 Å². The summed E-state index contributed by atoms with van der Waals surface area (Å²) in [6, 6.07) is 3.81. The van der Waals surface area contributed by atoms with E-state index in [2.05, 4.69) is 14.9 Å². The van der Waals surface area contributed by atoms with Gasteiger partial charge in [0, 0.05) is 18.6 Å². The lowest BCUT2D eigenvalue weighted by Gasteiger charge is -2.29. The lowest BCUT2D eigenvalue weighted by atomic mass is 10.1. The summed E-state index contributed by atoms with van der Waals surface area (Å²) in [5.41, 5.74) is 0. The highest BCUT2D eigenvalue weighted by Gasteiger charge is 2.26. The SMILES string of the molecule is CN1CCCC(NS(=O)(=O)c2ccc(CNC3CC3)o2)C1. The number of hydrogen-bond donors (Lipinski definition) is 2. The second kappa shape index (κ2) is 6.08. The van der Waals surface area contributed by atoms with Crippen LogP contribution in [-0.2, 0) is 16.6 Å². The van der Waals surface area contributed by atoms with Crippen LogP contribution in [0.3, 0.4) is 0 Å². The van der Waals surface area contributed by atoms with Crippen LogP contribution in [0, 0.1) is 0 Å². The average molecular weight is 313 g/mol. The first-order valence-corrected chi connectivity index (χ1v) is 9.04. The summed E-state index contributed by atoms with van der Waals surface area (Å²) < 4.78 is 32.9. The lowest BCUT2D eigenvalue weighted by molar-refractivity contribution is 0.241. The third kappa shape index (κ3) is 4.06. The second-order valence-corrected chi connectivity index (χ2v) is 7.74. The Bertz CT molecular complexity index is 580. The molecule has 2 N–H and O–H groups in total. The largest absolute Gasteiger partial charge is 0.447 e. The number of sulfonamides is 1. The van der Waals surface area contributed by atoms with Gasteiger partial charge in [0.2, 0.25) is 5.09 Å². The van der Waals surface area contributed by atoms with Crippen LogP contribution in [0.25, 0.3) is 0 Å². The molecule has 0 radical (unpaired) electrons. The van der Waals surface area contributed by atoms with E-state index in [0.29, 0.717) is 18.3 Å². The van der Waals surface area contributed by atoms with Gasteiger partial charge in [-0.3, -0.25) is 0 Å². The first-order valence-electron chi connectivity index (χ1n) is 7.56. The van der Waals surface area contributed by atoms with Crippen molar-refractivity contribution in [1.82, 2.24) is 14.9 Å². The van der Waals surface area contributed by atoms with E-state index in [4.69, 9.17) is 4.42 Å². The molecule has 6 nitrogen and oxygen atoms in total. The van der Waals surface area contributed by atoms with E-state index in [1.54, 1.807) is 12.1 Å². The minimum atomic E-state index is -3.56. The summed E-state index contributed by atoms with van der Waals surface area (Å²) >= 11 is 0. The summed E-state index contributed by atoms with van der Waals surface area (Å²) in [5, 5.41) is 3.33. The third-order valence-electron chi connectivity index (χ3n) is 3.99. The van der Waals surface area contributed by atoms with Crippen molar-refractivity contribution >= 4 is 10.0 Å². The number of piperidine rings is 1. The Kier molecular flexibility index (Phi) is 4.35. The molecule has 1 saturated heterocycles. The Hall–Kier alpha value is -0.890. The van der Waals surface area contributed by atoms with Crippen molar-refractivity contribution in [3.8, 4) is 0 Å². The zero-order valence-electron chi connectivity index (χ0n) is 12.3. The van der Waals surface area contributed by atoms with Gasteiger partial charge in [0.1, 0.15) is 5.76 Å². The Labute approximate surface area is 125 Å². The number of likely N-dealkylation sites (N-methyl/N-ethyl adjacent to an activating group) is 1. The van der Waals surface area contributed by atoms with Crippen molar-refractivity contribution in [3.63, 3.8) is 0 Å². The molecule has 1 unspecified atom stereocenters.